The lowest BCUT2D eigenvalue weighted by Crippen LogP contribution is -2.61. The number of benzene rings is 2. The standard InChI is InChI=1S/C37H56N10O7S/c1-21(2)17-27(45-36(54)30(22(3)48)47-32(50)25(38)18-23-11-6-4-7-12-23)33(51)46-29(20-55)35(53)44-28(19-24-13-8-5-9-14-24)34(52)43-26(31(39)49)15-10-16-42-37(40)41/h4-9,11-14,21-22,25-30,48,55H,10,15-20,38H2,1-3H3,(H2,39,49)(H,43,52)(H,44,53)(H,45,54)(H,46,51)(H,47,50)(H4,40,41,42)/t22-,25+,26-,27-,28-,29+,30+/m0/s1. The molecule has 17 nitrogen and oxygen atoms in total. The fraction of sp³-hybridized carbons (Fsp3) is 0.486. The lowest BCUT2D eigenvalue weighted by molar-refractivity contribution is -0.136. The molecular formula is C37H56N10O7S. The molecule has 0 aliphatic heterocycles. The Kier molecular flexibility index (Phi) is 19.7. The van der Waals surface area contributed by atoms with Gasteiger partial charge in [-0.15, -0.1) is 0 Å². The number of aliphatic hydroxyl groups is 1. The first-order chi connectivity index (χ1) is 26.0. The van der Waals surface area contributed by atoms with Crippen LogP contribution in [0.5, 0.6) is 0 Å². The average molecular weight is 785 g/mol. The molecule has 0 bridgehead atoms. The number of thiol groups is 1. The lowest BCUT2D eigenvalue weighted by atomic mass is 10.0. The van der Waals surface area contributed by atoms with Crippen LogP contribution in [0.4, 0.5) is 0 Å². The smallest absolute Gasteiger partial charge is 0.245 e. The number of aliphatic hydroxyl groups excluding tert-OH is 1. The van der Waals surface area contributed by atoms with E-state index in [-0.39, 0.29) is 49.9 Å². The number of amides is 6. The number of hydrogen-bond acceptors (Lipinski definition) is 10. The van der Waals surface area contributed by atoms with E-state index in [1.165, 1.54) is 6.92 Å². The summed E-state index contributed by atoms with van der Waals surface area (Å²) in [6, 6.07) is 10.6. The van der Waals surface area contributed by atoms with Crippen molar-refractivity contribution in [3.63, 3.8) is 0 Å². The van der Waals surface area contributed by atoms with Gasteiger partial charge in [0, 0.05) is 18.7 Å². The molecule has 0 unspecified atom stereocenters. The molecule has 55 heavy (non-hydrogen) atoms. The number of aliphatic imine (C=N–C) groups is 1. The van der Waals surface area contributed by atoms with Crippen molar-refractivity contribution < 1.29 is 33.9 Å². The van der Waals surface area contributed by atoms with Crippen molar-refractivity contribution in [3.8, 4) is 0 Å². The van der Waals surface area contributed by atoms with E-state index >= 15 is 0 Å². The largest absolute Gasteiger partial charge is 0.391 e. The Bertz CT molecular complexity index is 1590. The third-order valence-electron chi connectivity index (χ3n) is 8.37. The van der Waals surface area contributed by atoms with Crippen LogP contribution in [0.1, 0.15) is 51.2 Å². The number of nitrogens with one attached hydrogen (secondary N) is 5. The van der Waals surface area contributed by atoms with Gasteiger partial charge in [-0.1, -0.05) is 74.5 Å². The summed E-state index contributed by atoms with van der Waals surface area (Å²) < 4.78 is 0. The molecule has 2 rings (SSSR count). The predicted molar refractivity (Wildman–Crippen MR) is 212 cm³/mol. The quantitative estimate of drug-likeness (QED) is 0.0258. The Morgan fingerprint density at radius 3 is 1.67 bits per heavy atom. The fourth-order valence-electron chi connectivity index (χ4n) is 5.45. The van der Waals surface area contributed by atoms with Crippen molar-refractivity contribution in [1.29, 1.82) is 0 Å². The summed E-state index contributed by atoms with van der Waals surface area (Å²) in [7, 11) is 0. The Morgan fingerprint density at radius 1 is 0.673 bits per heavy atom. The SMILES string of the molecule is CC(C)C[C@H](NC(=O)[C@H](NC(=O)[C@H](N)Cc1ccccc1)[C@H](C)O)C(=O)N[C@H](CS)C(=O)N[C@@H](Cc1ccccc1)C(=O)N[C@@H](CCCN=C(N)N)C(N)=O. The molecule has 2 aromatic rings. The number of guanidine groups is 1. The van der Waals surface area contributed by atoms with Gasteiger partial charge in [0.25, 0.3) is 0 Å². The predicted octanol–water partition coefficient (Wildman–Crippen LogP) is -1.88. The van der Waals surface area contributed by atoms with Gasteiger partial charge in [0.1, 0.15) is 30.2 Å². The Balaban J connectivity index is 2.20. The second-order valence-electron chi connectivity index (χ2n) is 13.6. The summed E-state index contributed by atoms with van der Waals surface area (Å²) in [6.45, 7) is 5.15. The first-order valence-corrected chi connectivity index (χ1v) is 18.6. The van der Waals surface area contributed by atoms with Crippen LogP contribution in [0.25, 0.3) is 0 Å². The number of carbonyl (C=O) groups is 6. The number of rotatable bonds is 23. The molecule has 0 saturated carbocycles. The molecule has 0 radical (unpaired) electrons. The number of hydrogen-bond donors (Lipinski definition) is 11. The van der Waals surface area contributed by atoms with E-state index in [0.29, 0.717) is 12.0 Å². The summed E-state index contributed by atoms with van der Waals surface area (Å²) in [5, 5.41) is 23.3. The third kappa shape index (κ3) is 16.8. The zero-order valence-electron chi connectivity index (χ0n) is 31.4. The van der Waals surface area contributed by atoms with Crippen LogP contribution < -0.4 is 49.5 Å². The van der Waals surface area contributed by atoms with E-state index < -0.39 is 77.8 Å². The number of nitrogens with two attached hydrogens (primary N) is 4. The van der Waals surface area contributed by atoms with Gasteiger partial charge < -0.3 is 54.6 Å². The van der Waals surface area contributed by atoms with Crippen molar-refractivity contribution >= 4 is 54.0 Å². The highest BCUT2D eigenvalue weighted by Gasteiger charge is 2.34. The van der Waals surface area contributed by atoms with Crippen molar-refractivity contribution in [2.24, 2.45) is 33.8 Å². The van der Waals surface area contributed by atoms with E-state index in [9.17, 15) is 33.9 Å². The molecule has 7 atom stereocenters. The number of nitrogens with zero attached hydrogens (tertiary/aromatic N) is 1. The molecule has 18 heteroatoms. The maximum absolute atomic E-state index is 13.6. The van der Waals surface area contributed by atoms with Gasteiger partial charge >= 0.3 is 0 Å². The maximum Gasteiger partial charge on any atom is 0.245 e. The van der Waals surface area contributed by atoms with Crippen LogP contribution in [0, 0.1) is 5.92 Å². The van der Waals surface area contributed by atoms with Crippen molar-refractivity contribution in [1.82, 2.24) is 26.6 Å². The molecule has 0 aromatic heterocycles. The van der Waals surface area contributed by atoms with Crippen LogP contribution in [-0.2, 0) is 41.6 Å². The molecule has 0 saturated heterocycles. The normalized spacial score (nSPS) is 14.8. The zero-order valence-corrected chi connectivity index (χ0v) is 32.3. The summed E-state index contributed by atoms with van der Waals surface area (Å²) >= 11 is 4.26. The molecule has 2 aromatic carbocycles. The van der Waals surface area contributed by atoms with Gasteiger partial charge in [-0.3, -0.25) is 33.8 Å². The van der Waals surface area contributed by atoms with Gasteiger partial charge in [-0.05, 0) is 49.7 Å². The minimum atomic E-state index is -1.45. The van der Waals surface area contributed by atoms with Gasteiger partial charge in [0.2, 0.25) is 35.4 Å². The van der Waals surface area contributed by atoms with Crippen molar-refractivity contribution in [2.75, 3.05) is 12.3 Å². The number of carbonyl (C=O) groups excluding carboxylic acids is 6. The van der Waals surface area contributed by atoms with Gasteiger partial charge in [-0.25, -0.2) is 0 Å². The van der Waals surface area contributed by atoms with Gasteiger partial charge in [-0.2, -0.15) is 12.6 Å². The first-order valence-electron chi connectivity index (χ1n) is 18.0. The second kappa shape index (κ2) is 23.6. The minimum Gasteiger partial charge on any atom is -0.391 e. The summed E-state index contributed by atoms with van der Waals surface area (Å²) in [5.41, 5.74) is 23.8. The van der Waals surface area contributed by atoms with Crippen LogP contribution >= 0.6 is 12.6 Å². The Labute approximate surface area is 327 Å². The molecule has 0 aliphatic rings. The molecule has 302 valence electrons. The Hall–Kier alpha value is -5.20. The summed E-state index contributed by atoms with van der Waals surface area (Å²) in [6.07, 6.45) is -0.557. The highest BCUT2D eigenvalue weighted by atomic mass is 32.1. The lowest BCUT2D eigenvalue weighted by Gasteiger charge is -2.28. The molecule has 0 fully saturated rings. The fourth-order valence-corrected chi connectivity index (χ4v) is 5.71. The van der Waals surface area contributed by atoms with Gasteiger partial charge in [0.05, 0.1) is 12.1 Å². The molecule has 14 N–H and O–H groups in total. The van der Waals surface area contributed by atoms with E-state index in [4.69, 9.17) is 22.9 Å². The van der Waals surface area contributed by atoms with Crippen molar-refractivity contribution in [2.45, 2.75) is 95.2 Å². The zero-order chi connectivity index (χ0) is 41.1. The van der Waals surface area contributed by atoms with Crippen LogP contribution in [0.15, 0.2) is 65.7 Å². The minimum absolute atomic E-state index is 0.0264. The van der Waals surface area contributed by atoms with E-state index in [0.717, 1.165) is 5.56 Å². The summed E-state index contributed by atoms with van der Waals surface area (Å²) in [5.74, 6) is -4.96. The summed E-state index contributed by atoms with van der Waals surface area (Å²) in [4.78, 5) is 83.2. The maximum atomic E-state index is 13.6. The van der Waals surface area contributed by atoms with Gasteiger partial charge in [0.15, 0.2) is 5.96 Å². The van der Waals surface area contributed by atoms with Crippen LogP contribution in [0.2, 0.25) is 0 Å². The van der Waals surface area contributed by atoms with Crippen LogP contribution in [0.3, 0.4) is 0 Å². The third-order valence-corrected chi connectivity index (χ3v) is 8.74. The monoisotopic (exact) mass is 784 g/mol. The molecule has 6 amide bonds. The molecule has 0 heterocycles. The molecule has 0 spiro atoms. The Morgan fingerprint density at radius 2 is 1.16 bits per heavy atom. The highest BCUT2D eigenvalue weighted by Crippen LogP contribution is 2.10. The van der Waals surface area contributed by atoms with Crippen molar-refractivity contribution in [3.05, 3.63) is 71.8 Å². The van der Waals surface area contributed by atoms with E-state index in [2.05, 4.69) is 44.2 Å². The molecule has 0 aliphatic carbocycles. The first kappa shape index (κ1) is 46.0. The highest BCUT2D eigenvalue weighted by molar-refractivity contribution is 7.80. The average Bonchev–Trinajstić information content (AvgIpc) is 3.13. The van der Waals surface area contributed by atoms with Crippen LogP contribution in [-0.4, -0.2) is 101 Å². The topological polar surface area (TPSA) is 299 Å². The van der Waals surface area contributed by atoms with E-state index in [1.807, 2.05) is 19.9 Å². The molecular weight excluding hydrogens is 729 g/mol. The van der Waals surface area contributed by atoms with E-state index in [1.54, 1.807) is 54.6 Å². The second-order valence-corrected chi connectivity index (χ2v) is 14.0. The number of primary amides is 1.